The Morgan fingerprint density at radius 1 is 1.61 bits per heavy atom. The average Bonchev–Trinajstić information content (AvgIpc) is 2.57. The van der Waals surface area contributed by atoms with E-state index in [0.717, 1.165) is 4.90 Å². The third-order valence-corrected chi connectivity index (χ3v) is 2.80. The van der Waals surface area contributed by atoms with Gasteiger partial charge in [-0.25, -0.2) is 0 Å². The van der Waals surface area contributed by atoms with Gasteiger partial charge in [-0.15, -0.1) is 6.58 Å². The first kappa shape index (κ1) is 14.4. The highest BCUT2D eigenvalue weighted by Gasteiger charge is 2.40. The number of likely N-dealkylation sites (tertiary alicyclic amines) is 1. The van der Waals surface area contributed by atoms with E-state index in [-0.39, 0.29) is 31.4 Å². The summed E-state index contributed by atoms with van der Waals surface area (Å²) in [6, 6.07) is -0.593. The first-order valence-electron chi connectivity index (χ1n) is 5.82. The zero-order valence-electron chi connectivity index (χ0n) is 10.7. The van der Waals surface area contributed by atoms with E-state index in [1.165, 1.54) is 7.05 Å². The smallest absolute Gasteiger partial charge is 0.320 e. The fraction of sp³-hybridized carbons (Fsp3) is 0.583. The number of rotatable bonds is 6. The van der Waals surface area contributed by atoms with Crippen molar-refractivity contribution in [1.29, 1.82) is 0 Å². The molecule has 18 heavy (non-hydrogen) atoms. The van der Waals surface area contributed by atoms with Crippen LogP contribution in [0.1, 0.15) is 13.3 Å². The summed E-state index contributed by atoms with van der Waals surface area (Å²) in [5, 5.41) is 0. The summed E-state index contributed by atoms with van der Waals surface area (Å²) in [7, 11) is 1.45. The summed E-state index contributed by atoms with van der Waals surface area (Å²) >= 11 is 0. The van der Waals surface area contributed by atoms with E-state index >= 15 is 0 Å². The van der Waals surface area contributed by atoms with Gasteiger partial charge in [0.15, 0.2) is 0 Å². The van der Waals surface area contributed by atoms with Crippen molar-refractivity contribution in [2.75, 3.05) is 26.7 Å². The van der Waals surface area contributed by atoms with Gasteiger partial charge in [0.2, 0.25) is 11.8 Å². The van der Waals surface area contributed by atoms with Crippen LogP contribution in [0, 0.1) is 0 Å². The molecule has 1 heterocycles. The molecule has 0 radical (unpaired) electrons. The topological polar surface area (TPSA) is 66.9 Å². The Labute approximate surface area is 106 Å². The number of nitrogens with zero attached hydrogens (tertiary/aromatic N) is 2. The SMILES string of the molecule is C=CCN(CC(=O)OCC)C1CC(=O)N(C)C1=O. The number of likely N-dealkylation sites (N-methyl/N-ethyl adjacent to an activating group) is 1. The number of hydrogen-bond acceptors (Lipinski definition) is 5. The molecule has 6 heteroatoms. The van der Waals surface area contributed by atoms with Crippen LogP contribution < -0.4 is 0 Å². The van der Waals surface area contributed by atoms with Crippen LogP contribution in [0.3, 0.4) is 0 Å². The van der Waals surface area contributed by atoms with Crippen molar-refractivity contribution in [2.45, 2.75) is 19.4 Å². The maximum atomic E-state index is 11.8. The molecule has 1 atom stereocenters. The molecule has 0 aromatic rings. The summed E-state index contributed by atoms with van der Waals surface area (Å²) < 4.78 is 4.84. The lowest BCUT2D eigenvalue weighted by Gasteiger charge is -2.24. The van der Waals surface area contributed by atoms with Crippen LogP contribution >= 0.6 is 0 Å². The molecule has 0 N–H and O–H groups in total. The minimum Gasteiger partial charge on any atom is -0.465 e. The molecule has 0 saturated carbocycles. The molecule has 1 rings (SSSR count). The summed E-state index contributed by atoms with van der Waals surface area (Å²) in [5.41, 5.74) is 0. The minimum atomic E-state index is -0.593. The summed E-state index contributed by atoms with van der Waals surface area (Å²) in [5.74, 6) is -0.928. The quantitative estimate of drug-likeness (QED) is 0.373. The Morgan fingerprint density at radius 2 is 2.28 bits per heavy atom. The summed E-state index contributed by atoms with van der Waals surface area (Å²) in [6.07, 6.45) is 1.69. The van der Waals surface area contributed by atoms with Crippen molar-refractivity contribution in [3.63, 3.8) is 0 Å². The largest absolute Gasteiger partial charge is 0.465 e. The van der Waals surface area contributed by atoms with E-state index < -0.39 is 12.0 Å². The van der Waals surface area contributed by atoms with E-state index in [2.05, 4.69) is 6.58 Å². The number of carbonyl (C=O) groups is 3. The average molecular weight is 254 g/mol. The number of esters is 1. The molecule has 0 bridgehead atoms. The molecule has 6 nitrogen and oxygen atoms in total. The molecule has 100 valence electrons. The van der Waals surface area contributed by atoms with E-state index in [0.29, 0.717) is 6.54 Å². The van der Waals surface area contributed by atoms with Crippen molar-refractivity contribution in [3.8, 4) is 0 Å². The molecule has 1 fully saturated rings. The molecule has 1 aliphatic heterocycles. The van der Waals surface area contributed by atoms with Gasteiger partial charge in [0.25, 0.3) is 0 Å². The van der Waals surface area contributed by atoms with Gasteiger partial charge in [0.1, 0.15) is 0 Å². The minimum absolute atomic E-state index is 0.0165. The van der Waals surface area contributed by atoms with Crippen LogP contribution in [0.4, 0.5) is 0 Å². The van der Waals surface area contributed by atoms with Gasteiger partial charge in [-0.2, -0.15) is 0 Å². The zero-order chi connectivity index (χ0) is 13.7. The van der Waals surface area contributed by atoms with Crippen LogP contribution in [-0.4, -0.2) is 60.4 Å². The normalized spacial score (nSPS) is 19.5. The van der Waals surface area contributed by atoms with E-state index in [1.54, 1.807) is 17.9 Å². The van der Waals surface area contributed by atoms with Gasteiger partial charge in [-0.3, -0.25) is 24.2 Å². The maximum Gasteiger partial charge on any atom is 0.320 e. The first-order chi connectivity index (χ1) is 8.51. The van der Waals surface area contributed by atoms with Crippen molar-refractivity contribution in [2.24, 2.45) is 0 Å². The first-order valence-corrected chi connectivity index (χ1v) is 5.82. The van der Waals surface area contributed by atoms with Crippen LogP contribution in [-0.2, 0) is 19.1 Å². The van der Waals surface area contributed by atoms with Crippen molar-refractivity contribution in [3.05, 3.63) is 12.7 Å². The second-order valence-electron chi connectivity index (χ2n) is 4.03. The second-order valence-corrected chi connectivity index (χ2v) is 4.03. The maximum absolute atomic E-state index is 11.8. The van der Waals surface area contributed by atoms with Crippen molar-refractivity contribution >= 4 is 17.8 Å². The molecule has 1 aliphatic rings. The van der Waals surface area contributed by atoms with Gasteiger partial charge in [-0.05, 0) is 6.92 Å². The van der Waals surface area contributed by atoms with E-state index in [4.69, 9.17) is 4.74 Å². The number of hydrogen-bond donors (Lipinski definition) is 0. The molecule has 2 amide bonds. The lowest BCUT2D eigenvalue weighted by atomic mass is 10.2. The Hall–Kier alpha value is -1.69. The zero-order valence-corrected chi connectivity index (χ0v) is 10.7. The fourth-order valence-electron chi connectivity index (χ4n) is 1.86. The number of amides is 2. The molecule has 0 aliphatic carbocycles. The Kier molecular flexibility index (Phi) is 5.03. The highest BCUT2D eigenvalue weighted by atomic mass is 16.5. The molecule has 0 aromatic carbocycles. The number of imide groups is 1. The van der Waals surface area contributed by atoms with Gasteiger partial charge in [0.05, 0.1) is 25.6 Å². The summed E-state index contributed by atoms with van der Waals surface area (Å²) in [4.78, 5) is 37.4. The third kappa shape index (κ3) is 3.16. The van der Waals surface area contributed by atoms with Crippen molar-refractivity contribution < 1.29 is 19.1 Å². The molecule has 1 unspecified atom stereocenters. The highest BCUT2D eigenvalue weighted by Crippen LogP contribution is 2.17. The fourth-order valence-corrected chi connectivity index (χ4v) is 1.86. The number of ether oxygens (including phenoxy) is 1. The van der Waals surface area contributed by atoms with Gasteiger partial charge < -0.3 is 4.74 Å². The predicted octanol–water partition coefficient (Wildman–Crippen LogP) is -0.205. The van der Waals surface area contributed by atoms with Gasteiger partial charge in [0, 0.05) is 13.6 Å². The second kappa shape index (κ2) is 6.30. The number of carbonyl (C=O) groups excluding carboxylic acids is 3. The Morgan fingerprint density at radius 3 is 2.72 bits per heavy atom. The Balaban J connectivity index is 2.73. The summed E-state index contributed by atoms with van der Waals surface area (Å²) in [6.45, 7) is 5.93. The standard InChI is InChI=1S/C12H18N2O4/c1-4-6-14(8-11(16)18-5-2)9-7-10(15)13(3)12(9)17/h4,9H,1,5-8H2,2-3H3. The van der Waals surface area contributed by atoms with E-state index in [9.17, 15) is 14.4 Å². The molecule has 0 aromatic heterocycles. The molecular weight excluding hydrogens is 236 g/mol. The molecule has 1 saturated heterocycles. The molecule has 0 spiro atoms. The monoisotopic (exact) mass is 254 g/mol. The highest BCUT2D eigenvalue weighted by molar-refractivity contribution is 6.05. The van der Waals surface area contributed by atoms with Gasteiger partial charge >= 0.3 is 5.97 Å². The lowest BCUT2D eigenvalue weighted by molar-refractivity contribution is -0.145. The van der Waals surface area contributed by atoms with Crippen LogP contribution in [0.2, 0.25) is 0 Å². The van der Waals surface area contributed by atoms with Crippen molar-refractivity contribution in [1.82, 2.24) is 9.80 Å². The Bertz CT molecular complexity index is 367. The van der Waals surface area contributed by atoms with Crippen LogP contribution in [0.15, 0.2) is 12.7 Å². The van der Waals surface area contributed by atoms with Crippen LogP contribution in [0.25, 0.3) is 0 Å². The van der Waals surface area contributed by atoms with E-state index in [1.807, 2.05) is 0 Å². The molecular formula is C12H18N2O4. The third-order valence-electron chi connectivity index (χ3n) is 2.80. The van der Waals surface area contributed by atoms with Gasteiger partial charge in [-0.1, -0.05) is 6.08 Å². The predicted molar refractivity (Wildman–Crippen MR) is 64.6 cm³/mol. The van der Waals surface area contributed by atoms with Crippen LogP contribution in [0.5, 0.6) is 0 Å². The lowest BCUT2D eigenvalue weighted by Crippen LogP contribution is -2.44.